The van der Waals surface area contributed by atoms with Crippen LogP contribution in [-0.4, -0.2) is 27.8 Å². The Labute approximate surface area is 144 Å². The summed E-state index contributed by atoms with van der Waals surface area (Å²) in [5.74, 6) is -0.131. The van der Waals surface area contributed by atoms with Gasteiger partial charge in [-0.1, -0.05) is 19.1 Å². The molecule has 1 heterocycles. The van der Waals surface area contributed by atoms with Crippen LogP contribution in [0.25, 0.3) is 17.1 Å². The van der Waals surface area contributed by atoms with Gasteiger partial charge < -0.3 is 10.1 Å². The molecule has 3 rings (SSSR count). The van der Waals surface area contributed by atoms with Gasteiger partial charge in [-0.25, -0.2) is 9.07 Å². The van der Waals surface area contributed by atoms with Crippen LogP contribution in [0.2, 0.25) is 0 Å². The second-order valence-corrected chi connectivity index (χ2v) is 5.26. The summed E-state index contributed by atoms with van der Waals surface area (Å²) in [5, 5.41) is 7.03. The lowest BCUT2D eigenvalue weighted by molar-refractivity contribution is -0.115. The van der Waals surface area contributed by atoms with Gasteiger partial charge in [0.2, 0.25) is 5.91 Å². The number of carbonyl (C=O) groups excluding carboxylic acids is 1. The summed E-state index contributed by atoms with van der Waals surface area (Å²) in [6.45, 7) is 1.78. The van der Waals surface area contributed by atoms with Crippen LogP contribution in [0.15, 0.2) is 48.5 Å². The molecule has 0 saturated carbocycles. The molecule has 0 aliphatic rings. The molecule has 6 nitrogen and oxygen atoms in total. The number of hydrogen-bond donors (Lipinski definition) is 1. The Hall–Kier alpha value is -3.22. The molecule has 128 valence electrons. The van der Waals surface area contributed by atoms with E-state index in [9.17, 15) is 9.18 Å². The number of nitrogens with one attached hydrogen (secondary N) is 1. The molecule has 0 radical (unpaired) electrons. The normalized spacial score (nSPS) is 10.5. The first-order valence-corrected chi connectivity index (χ1v) is 7.78. The van der Waals surface area contributed by atoms with Crippen LogP contribution in [0.4, 0.5) is 10.1 Å². The van der Waals surface area contributed by atoms with Crippen molar-refractivity contribution in [2.24, 2.45) is 0 Å². The molecule has 7 heteroatoms. The summed E-state index contributed by atoms with van der Waals surface area (Å²) in [7, 11) is 1.45. The molecular formula is C18H17FN4O2. The average molecular weight is 340 g/mol. The lowest BCUT2D eigenvalue weighted by Gasteiger charge is -2.08. The molecule has 0 unspecified atom stereocenters. The Morgan fingerprint density at radius 2 is 1.92 bits per heavy atom. The monoisotopic (exact) mass is 340 g/mol. The molecule has 25 heavy (non-hydrogen) atoms. The van der Waals surface area contributed by atoms with Crippen molar-refractivity contribution in [3.63, 3.8) is 0 Å². The second-order valence-electron chi connectivity index (χ2n) is 5.26. The van der Waals surface area contributed by atoms with Crippen molar-refractivity contribution >= 4 is 11.6 Å². The summed E-state index contributed by atoms with van der Waals surface area (Å²) in [4.78, 5) is 15.7. The summed E-state index contributed by atoms with van der Waals surface area (Å²) < 4.78 is 20.8. The average Bonchev–Trinajstić information content (AvgIpc) is 3.07. The maximum atomic E-state index is 14.2. The Bertz CT molecular complexity index is 890. The highest BCUT2D eigenvalue weighted by molar-refractivity contribution is 5.90. The van der Waals surface area contributed by atoms with Gasteiger partial charge in [0.25, 0.3) is 0 Å². The fraction of sp³-hybridized carbons (Fsp3) is 0.167. The van der Waals surface area contributed by atoms with Gasteiger partial charge in [0.15, 0.2) is 5.82 Å². The van der Waals surface area contributed by atoms with Crippen molar-refractivity contribution < 1.29 is 13.9 Å². The Kier molecular flexibility index (Phi) is 4.74. The van der Waals surface area contributed by atoms with Gasteiger partial charge >= 0.3 is 6.01 Å². The zero-order valence-electron chi connectivity index (χ0n) is 13.9. The largest absolute Gasteiger partial charge is 0.466 e. The second kappa shape index (κ2) is 7.12. The topological polar surface area (TPSA) is 69.0 Å². The van der Waals surface area contributed by atoms with Crippen molar-refractivity contribution in [3.05, 3.63) is 54.3 Å². The SMILES string of the molecule is CCC(=O)Nc1ccc(-n2nc(OC)nc2-c2ccccc2F)cc1. The molecule has 3 aromatic rings. The van der Waals surface area contributed by atoms with E-state index < -0.39 is 5.82 Å². The maximum Gasteiger partial charge on any atom is 0.336 e. The first-order chi connectivity index (χ1) is 12.1. The van der Waals surface area contributed by atoms with Crippen LogP contribution in [0, 0.1) is 5.82 Å². The van der Waals surface area contributed by atoms with Crippen LogP contribution in [0.5, 0.6) is 6.01 Å². The van der Waals surface area contributed by atoms with Crippen molar-refractivity contribution in [1.29, 1.82) is 0 Å². The van der Waals surface area contributed by atoms with Crippen LogP contribution in [0.3, 0.4) is 0 Å². The maximum absolute atomic E-state index is 14.2. The highest BCUT2D eigenvalue weighted by atomic mass is 19.1. The van der Waals surface area contributed by atoms with Gasteiger partial charge in [0, 0.05) is 12.1 Å². The number of nitrogens with zero attached hydrogens (tertiary/aromatic N) is 3. The van der Waals surface area contributed by atoms with Crippen LogP contribution in [-0.2, 0) is 4.79 Å². The van der Waals surface area contributed by atoms with Gasteiger partial charge in [0.05, 0.1) is 18.4 Å². The van der Waals surface area contributed by atoms with Gasteiger partial charge in [0.1, 0.15) is 5.82 Å². The van der Waals surface area contributed by atoms with Crippen molar-refractivity contribution in [3.8, 4) is 23.1 Å². The van der Waals surface area contributed by atoms with E-state index in [1.807, 2.05) is 0 Å². The Morgan fingerprint density at radius 3 is 2.56 bits per heavy atom. The quantitative estimate of drug-likeness (QED) is 0.772. The third-order valence-electron chi connectivity index (χ3n) is 3.60. The molecule has 0 bridgehead atoms. The van der Waals surface area contributed by atoms with Crippen LogP contribution >= 0.6 is 0 Å². The predicted octanol–water partition coefficient (Wildman–Crippen LogP) is 3.43. The third-order valence-corrected chi connectivity index (χ3v) is 3.60. The molecule has 1 N–H and O–H groups in total. The number of benzene rings is 2. The van der Waals surface area contributed by atoms with Crippen molar-refractivity contribution in [2.75, 3.05) is 12.4 Å². The van der Waals surface area contributed by atoms with E-state index >= 15 is 0 Å². The molecule has 0 aliphatic heterocycles. The van der Waals surface area contributed by atoms with Gasteiger partial charge in [-0.3, -0.25) is 4.79 Å². The molecule has 0 atom stereocenters. The molecular weight excluding hydrogens is 323 g/mol. The number of carbonyl (C=O) groups is 1. The summed E-state index contributed by atoms with van der Waals surface area (Å²) >= 11 is 0. The van der Waals surface area contributed by atoms with Crippen molar-refractivity contribution in [1.82, 2.24) is 14.8 Å². The summed E-state index contributed by atoms with van der Waals surface area (Å²) in [6, 6.07) is 13.5. The number of amides is 1. The first-order valence-electron chi connectivity index (χ1n) is 7.78. The van der Waals surface area contributed by atoms with E-state index in [0.29, 0.717) is 29.2 Å². The Balaban J connectivity index is 2.01. The number of rotatable bonds is 5. The van der Waals surface area contributed by atoms with E-state index in [-0.39, 0.29) is 11.9 Å². The minimum Gasteiger partial charge on any atom is -0.466 e. The highest BCUT2D eigenvalue weighted by Crippen LogP contribution is 2.26. The smallest absolute Gasteiger partial charge is 0.336 e. The fourth-order valence-electron chi connectivity index (χ4n) is 2.31. The number of anilines is 1. The van der Waals surface area contributed by atoms with E-state index in [2.05, 4.69) is 15.4 Å². The molecule has 0 fully saturated rings. The fourth-order valence-corrected chi connectivity index (χ4v) is 2.31. The minimum atomic E-state index is -0.398. The lowest BCUT2D eigenvalue weighted by Crippen LogP contribution is -2.09. The standard InChI is InChI=1S/C18H17FN4O2/c1-3-16(24)20-12-8-10-13(11-9-12)23-17(21-18(22-23)25-2)14-6-4-5-7-15(14)19/h4-11H,3H2,1-2H3,(H,20,24). The minimum absolute atomic E-state index is 0.0674. The number of aromatic nitrogens is 3. The lowest BCUT2D eigenvalue weighted by atomic mass is 10.2. The molecule has 1 aromatic heterocycles. The molecule has 0 saturated heterocycles. The predicted molar refractivity (Wildman–Crippen MR) is 92.2 cm³/mol. The number of methoxy groups -OCH3 is 1. The van der Waals surface area contributed by atoms with Crippen LogP contribution in [0.1, 0.15) is 13.3 Å². The van der Waals surface area contributed by atoms with Gasteiger partial charge in [-0.05, 0) is 36.4 Å². The van der Waals surface area contributed by atoms with Gasteiger partial charge in [-0.15, -0.1) is 5.10 Å². The summed E-state index contributed by atoms with van der Waals surface area (Å²) in [6.07, 6.45) is 0.402. The van der Waals surface area contributed by atoms with E-state index in [0.717, 1.165) is 0 Å². The van der Waals surface area contributed by atoms with Crippen LogP contribution < -0.4 is 10.1 Å². The highest BCUT2D eigenvalue weighted by Gasteiger charge is 2.17. The van der Waals surface area contributed by atoms with Gasteiger partial charge in [-0.2, -0.15) is 4.98 Å². The van der Waals surface area contributed by atoms with Crippen molar-refractivity contribution in [2.45, 2.75) is 13.3 Å². The van der Waals surface area contributed by atoms with E-state index in [1.165, 1.54) is 17.9 Å². The number of ether oxygens (including phenoxy) is 1. The molecule has 0 aliphatic carbocycles. The molecule has 0 spiro atoms. The number of hydrogen-bond acceptors (Lipinski definition) is 4. The first kappa shape index (κ1) is 16.6. The van der Waals surface area contributed by atoms with E-state index in [4.69, 9.17) is 4.74 Å². The third kappa shape index (κ3) is 3.50. The zero-order chi connectivity index (χ0) is 17.8. The van der Waals surface area contributed by atoms with E-state index in [1.54, 1.807) is 49.4 Å². The molecule has 2 aromatic carbocycles. The summed E-state index contributed by atoms with van der Waals surface area (Å²) in [5.41, 5.74) is 1.67. The Morgan fingerprint density at radius 1 is 1.20 bits per heavy atom. The number of halogens is 1. The zero-order valence-corrected chi connectivity index (χ0v) is 13.9. The molecule has 1 amide bonds.